The third-order valence-electron chi connectivity index (χ3n) is 4.49. The van der Waals surface area contributed by atoms with Gasteiger partial charge in [0.15, 0.2) is 0 Å². The zero-order valence-electron chi connectivity index (χ0n) is 12.2. The van der Waals surface area contributed by atoms with Crippen LogP contribution >= 0.6 is 0 Å². The minimum Gasteiger partial charge on any atom is -0.391 e. The second-order valence-corrected chi connectivity index (χ2v) is 6.11. The van der Waals surface area contributed by atoms with E-state index in [4.69, 9.17) is 0 Å². The zero-order valence-corrected chi connectivity index (χ0v) is 12.2. The number of aliphatic hydroxyl groups is 1. The van der Waals surface area contributed by atoms with Gasteiger partial charge < -0.3 is 10.0 Å². The first-order valence-electron chi connectivity index (χ1n) is 7.66. The van der Waals surface area contributed by atoms with Crippen molar-refractivity contribution in [1.29, 1.82) is 0 Å². The van der Waals surface area contributed by atoms with E-state index in [0.29, 0.717) is 31.5 Å². The highest BCUT2D eigenvalue weighted by atomic mass is 16.3. The number of hydrogen-bond acceptors (Lipinski definition) is 3. The summed E-state index contributed by atoms with van der Waals surface area (Å²) in [6.45, 7) is 5.39. The first-order valence-corrected chi connectivity index (χ1v) is 7.66. The number of rotatable bonds is 4. The van der Waals surface area contributed by atoms with Crippen LogP contribution in [-0.4, -0.2) is 44.9 Å². The Morgan fingerprint density at radius 3 is 2.80 bits per heavy atom. The van der Waals surface area contributed by atoms with Crippen LogP contribution in [0.3, 0.4) is 0 Å². The molecule has 110 valence electrons. The van der Waals surface area contributed by atoms with Crippen LogP contribution in [0.15, 0.2) is 6.20 Å². The molecule has 1 saturated carbocycles. The molecule has 1 aliphatic carbocycles. The van der Waals surface area contributed by atoms with Crippen molar-refractivity contribution >= 4 is 5.91 Å². The Labute approximate surface area is 119 Å². The van der Waals surface area contributed by atoms with E-state index >= 15 is 0 Å². The van der Waals surface area contributed by atoms with Gasteiger partial charge in [-0.2, -0.15) is 5.10 Å². The molecule has 1 saturated heterocycles. The molecule has 1 unspecified atom stereocenters. The molecule has 2 fully saturated rings. The van der Waals surface area contributed by atoms with Crippen LogP contribution in [0, 0.1) is 0 Å². The molecule has 5 heteroatoms. The summed E-state index contributed by atoms with van der Waals surface area (Å²) in [5.74, 6) is 0.538. The molecule has 0 spiro atoms. The Kier molecular flexibility index (Phi) is 3.54. The largest absolute Gasteiger partial charge is 0.391 e. The highest BCUT2D eigenvalue weighted by Gasteiger charge is 2.35. The second kappa shape index (κ2) is 5.20. The van der Waals surface area contributed by atoms with Crippen LogP contribution in [-0.2, 0) is 0 Å². The molecule has 1 aliphatic heterocycles. The highest BCUT2D eigenvalue weighted by molar-refractivity contribution is 5.95. The third kappa shape index (κ3) is 2.35. The number of amides is 1. The van der Waals surface area contributed by atoms with E-state index in [-0.39, 0.29) is 12.0 Å². The van der Waals surface area contributed by atoms with Crippen molar-refractivity contribution in [3.05, 3.63) is 17.5 Å². The van der Waals surface area contributed by atoms with Gasteiger partial charge >= 0.3 is 0 Å². The van der Waals surface area contributed by atoms with Gasteiger partial charge in [-0.3, -0.25) is 9.48 Å². The number of carbonyl (C=O) groups is 1. The number of likely N-dealkylation sites (tertiary alicyclic amines) is 1. The Balaban J connectivity index is 1.89. The average molecular weight is 277 g/mol. The fourth-order valence-corrected chi connectivity index (χ4v) is 2.92. The number of β-amino-alcohol motifs (C(OH)–C–C–N with tert-alkyl or cyclic N) is 1. The maximum absolute atomic E-state index is 12.6. The van der Waals surface area contributed by atoms with Gasteiger partial charge in [-0.25, -0.2) is 0 Å². The summed E-state index contributed by atoms with van der Waals surface area (Å²) in [5.41, 5.74) is 1.87. The summed E-state index contributed by atoms with van der Waals surface area (Å²) in [6.07, 6.45) is 5.37. The standard InChI is InChI=1S/C15H23N3O2/c1-3-10(2)18-14(11-4-5-11)13(8-16-18)15(20)17-7-6-12(19)9-17/h8,10-12,19H,3-7,9H2,1-2H3/t10?,12-/m1/s1. The van der Waals surface area contributed by atoms with Crippen LogP contribution in [0.25, 0.3) is 0 Å². The van der Waals surface area contributed by atoms with Crippen LogP contribution in [0.2, 0.25) is 0 Å². The molecule has 1 N–H and O–H groups in total. The van der Waals surface area contributed by atoms with Crippen molar-refractivity contribution in [3.8, 4) is 0 Å². The monoisotopic (exact) mass is 277 g/mol. The van der Waals surface area contributed by atoms with E-state index in [1.54, 1.807) is 11.1 Å². The smallest absolute Gasteiger partial charge is 0.257 e. The van der Waals surface area contributed by atoms with Gasteiger partial charge in [0, 0.05) is 25.0 Å². The summed E-state index contributed by atoms with van der Waals surface area (Å²) in [4.78, 5) is 14.4. The van der Waals surface area contributed by atoms with Crippen molar-refractivity contribution in [2.24, 2.45) is 0 Å². The van der Waals surface area contributed by atoms with Crippen LogP contribution in [0.1, 0.15) is 67.5 Å². The van der Waals surface area contributed by atoms with Crippen molar-refractivity contribution in [3.63, 3.8) is 0 Å². The lowest BCUT2D eigenvalue weighted by atomic mass is 10.1. The van der Waals surface area contributed by atoms with E-state index in [0.717, 1.165) is 30.5 Å². The van der Waals surface area contributed by atoms with Gasteiger partial charge in [0.25, 0.3) is 5.91 Å². The molecule has 3 rings (SSSR count). The molecule has 5 nitrogen and oxygen atoms in total. The quantitative estimate of drug-likeness (QED) is 0.915. The first kappa shape index (κ1) is 13.6. The Morgan fingerprint density at radius 2 is 2.25 bits per heavy atom. The molecule has 20 heavy (non-hydrogen) atoms. The first-order chi connectivity index (χ1) is 9.61. The SMILES string of the molecule is CCC(C)n1ncc(C(=O)N2CC[C@@H](O)C2)c1C1CC1. The lowest BCUT2D eigenvalue weighted by Crippen LogP contribution is -2.30. The molecule has 1 aromatic heterocycles. The zero-order chi connectivity index (χ0) is 14.3. The Hall–Kier alpha value is -1.36. The number of aliphatic hydroxyl groups excluding tert-OH is 1. The number of carbonyl (C=O) groups excluding carboxylic acids is 1. The molecule has 1 amide bonds. The highest BCUT2D eigenvalue weighted by Crippen LogP contribution is 2.43. The molecule has 0 aromatic carbocycles. The fourth-order valence-electron chi connectivity index (χ4n) is 2.92. The second-order valence-electron chi connectivity index (χ2n) is 6.11. The van der Waals surface area contributed by atoms with Gasteiger partial charge in [-0.15, -0.1) is 0 Å². The molecule has 1 aromatic rings. The van der Waals surface area contributed by atoms with E-state index in [1.807, 2.05) is 4.68 Å². The average Bonchev–Trinajstić information content (AvgIpc) is 3.04. The third-order valence-corrected chi connectivity index (χ3v) is 4.49. The van der Waals surface area contributed by atoms with Crippen molar-refractivity contribution in [1.82, 2.24) is 14.7 Å². The maximum atomic E-state index is 12.6. The van der Waals surface area contributed by atoms with Gasteiger partial charge in [0.05, 0.1) is 23.6 Å². The fraction of sp³-hybridized carbons (Fsp3) is 0.733. The lowest BCUT2D eigenvalue weighted by Gasteiger charge is -2.18. The van der Waals surface area contributed by atoms with Crippen molar-refractivity contribution in [2.45, 2.75) is 57.6 Å². The predicted octanol–water partition coefficient (Wildman–Crippen LogP) is 1.94. The van der Waals surface area contributed by atoms with Gasteiger partial charge in [-0.1, -0.05) is 6.92 Å². The normalized spacial score (nSPS) is 24.1. The van der Waals surface area contributed by atoms with Crippen LogP contribution in [0.5, 0.6) is 0 Å². The van der Waals surface area contributed by atoms with Crippen LogP contribution in [0.4, 0.5) is 0 Å². The molecule has 2 heterocycles. The molecule has 0 bridgehead atoms. The number of hydrogen-bond donors (Lipinski definition) is 1. The van der Waals surface area contributed by atoms with E-state index in [9.17, 15) is 9.90 Å². The summed E-state index contributed by atoms with van der Waals surface area (Å²) in [5, 5.41) is 14.1. The summed E-state index contributed by atoms with van der Waals surface area (Å²) < 4.78 is 2.04. The molecular weight excluding hydrogens is 254 g/mol. The minimum atomic E-state index is -0.368. The molecule has 2 aliphatic rings. The van der Waals surface area contributed by atoms with E-state index in [2.05, 4.69) is 18.9 Å². The van der Waals surface area contributed by atoms with Crippen molar-refractivity contribution in [2.75, 3.05) is 13.1 Å². The van der Waals surface area contributed by atoms with Gasteiger partial charge in [0.2, 0.25) is 0 Å². The summed E-state index contributed by atoms with van der Waals surface area (Å²) in [7, 11) is 0. The summed E-state index contributed by atoms with van der Waals surface area (Å²) >= 11 is 0. The summed E-state index contributed by atoms with van der Waals surface area (Å²) in [6, 6.07) is 0.330. The number of aromatic nitrogens is 2. The number of nitrogens with zero attached hydrogens (tertiary/aromatic N) is 3. The molecular formula is C15H23N3O2. The van der Waals surface area contributed by atoms with E-state index in [1.165, 1.54) is 0 Å². The maximum Gasteiger partial charge on any atom is 0.257 e. The Morgan fingerprint density at radius 1 is 1.50 bits per heavy atom. The van der Waals surface area contributed by atoms with Gasteiger partial charge in [-0.05, 0) is 32.6 Å². The minimum absolute atomic E-state index is 0.0398. The van der Waals surface area contributed by atoms with Crippen molar-refractivity contribution < 1.29 is 9.90 Å². The molecule has 0 radical (unpaired) electrons. The van der Waals surface area contributed by atoms with E-state index < -0.39 is 0 Å². The Bertz CT molecular complexity index is 507. The predicted molar refractivity (Wildman–Crippen MR) is 75.7 cm³/mol. The lowest BCUT2D eigenvalue weighted by molar-refractivity contribution is 0.0763. The molecule has 2 atom stereocenters. The van der Waals surface area contributed by atoms with Gasteiger partial charge in [0.1, 0.15) is 0 Å². The topological polar surface area (TPSA) is 58.4 Å². The van der Waals surface area contributed by atoms with Crippen LogP contribution < -0.4 is 0 Å².